The van der Waals surface area contributed by atoms with Gasteiger partial charge >= 0.3 is 0 Å². The summed E-state index contributed by atoms with van der Waals surface area (Å²) in [5, 5.41) is 0. The molecule has 2 rings (SSSR count). The van der Waals surface area contributed by atoms with Crippen LogP contribution in [0.1, 0.15) is 31.2 Å². The maximum atomic E-state index is 13.0. The molecule has 1 fully saturated rings. The molecule has 0 radical (unpaired) electrons. The van der Waals surface area contributed by atoms with E-state index in [1.165, 1.54) is 0 Å². The average molecular weight is 225 g/mol. The molecule has 0 aromatic heterocycles. The van der Waals surface area contributed by atoms with Crippen LogP contribution in [0.15, 0.2) is 30.3 Å². The van der Waals surface area contributed by atoms with Crippen molar-refractivity contribution in [2.24, 2.45) is 5.73 Å². The van der Waals surface area contributed by atoms with Crippen LogP contribution in [0.3, 0.4) is 0 Å². The summed E-state index contributed by atoms with van der Waals surface area (Å²) in [4.78, 5) is 0. The lowest BCUT2D eigenvalue weighted by molar-refractivity contribution is -0.0505. The van der Waals surface area contributed by atoms with Crippen LogP contribution in [0.5, 0.6) is 0 Å². The van der Waals surface area contributed by atoms with Crippen LogP contribution in [-0.2, 0) is 6.42 Å². The number of alkyl halides is 2. The van der Waals surface area contributed by atoms with Gasteiger partial charge in [-0.25, -0.2) is 8.78 Å². The molecule has 0 amide bonds. The molecule has 1 nitrogen and oxygen atoms in total. The maximum Gasteiger partial charge on any atom is 0.248 e. The highest BCUT2D eigenvalue weighted by Crippen LogP contribution is 2.38. The van der Waals surface area contributed by atoms with Gasteiger partial charge in [0.25, 0.3) is 0 Å². The first-order chi connectivity index (χ1) is 7.49. The summed E-state index contributed by atoms with van der Waals surface area (Å²) < 4.78 is 26.1. The van der Waals surface area contributed by atoms with E-state index in [0.717, 1.165) is 5.56 Å². The molecule has 0 atom stereocenters. The summed E-state index contributed by atoms with van der Waals surface area (Å²) in [5.74, 6) is -2.50. The van der Waals surface area contributed by atoms with E-state index >= 15 is 0 Å². The Morgan fingerprint density at radius 2 is 1.56 bits per heavy atom. The fourth-order valence-corrected chi connectivity index (χ4v) is 2.29. The van der Waals surface area contributed by atoms with Crippen molar-refractivity contribution in [3.8, 4) is 0 Å². The van der Waals surface area contributed by atoms with Gasteiger partial charge in [0.15, 0.2) is 0 Å². The summed E-state index contributed by atoms with van der Waals surface area (Å²) in [7, 11) is 0. The molecule has 0 aliphatic heterocycles. The highest BCUT2D eigenvalue weighted by Gasteiger charge is 2.40. The standard InChI is InChI=1S/C13H17F2N/c14-13(15)8-6-12(16,7-9-13)10-11-4-2-1-3-5-11/h1-5H,6-10,16H2. The third kappa shape index (κ3) is 2.79. The molecule has 1 aromatic carbocycles. The van der Waals surface area contributed by atoms with Gasteiger partial charge in [-0.15, -0.1) is 0 Å². The molecule has 2 N–H and O–H groups in total. The number of hydrogen-bond donors (Lipinski definition) is 1. The molecule has 0 heterocycles. The second-order valence-electron chi connectivity index (χ2n) is 4.88. The molecule has 1 aromatic rings. The van der Waals surface area contributed by atoms with Crippen molar-refractivity contribution in [1.29, 1.82) is 0 Å². The van der Waals surface area contributed by atoms with Crippen LogP contribution in [0.2, 0.25) is 0 Å². The van der Waals surface area contributed by atoms with Crippen molar-refractivity contribution in [2.75, 3.05) is 0 Å². The van der Waals surface area contributed by atoms with Gasteiger partial charge in [-0.2, -0.15) is 0 Å². The molecule has 16 heavy (non-hydrogen) atoms. The van der Waals surface area contributed by atoms with E-state index < -0.39 is 11.5 Å². The van der Waals surface area contributed by atoms with Gasteiger partial charge < -0.3 is 5.73 Å². The minimum Gasteiger partial charge on any atom is -0.325 e. The Kier molecular flexibility index (Phi) is 2.98. The van der Waals surface area contributed by atoms with Crippen LogP contribution >= 0.6 is 0 Å². The smallest absolute Gasteiger partial charge is 0.248 e. The topological polar surface area (TPSA) is 26.0 Å². The first-order valence-corrected chi connectivity index (χ1v) is 5.70. The van der Waals surface area contributed by atoms with Gasteiger partial charge in [-0.1, -0.05) is 30.3 Å². The van der Waals surface area contributed by atoms with Crippen molar-refractivity contribution < 1.29 is 8.78 Å². The van der Waals surface area contributed by atoms with Gasteiger partial charge in [-0.3, -0.25) is 0 Å². The predicted octanol–water partition coefficient (Wildman–Crippen LogP) is 3.14. The third-order valence-electron chi connectivity index (χ3n) is 3.38. The molecule has 88 valence electrons. The minimum absolute atomic E-state index is 0.0731. The summed E-state index contributed by atoms with van der Waals surface area (Å²) in [6.07, 6.45) is 1.38. The van der Waals surface area contributed by atoms with E-state index in [-0.39, 0.29) is 12.8 Å². The Bertz CT molecular complexity index is 338. The Morgan fingerprint density at radius 3 is 2.12 bits per heavy atom. The summed E-state index contributed by atoms with van der Waals surface area (Å²) in [5.41, 5.74) is 6.87. The highest BCUT2D eigenvalue weighted by atomic mass is 19.3. The molecule has 3 heteroatoms. The molecule has 0 spiro atoms. The van der Waals surface area contributed by atoms with E-state index in [1.807, 2.05) is 30.3 Å². The van der Waals surface area contributed by atoms with E-state index in [2.05, 4.69) is 0 Å². The minimum atomic E-state index is -2.50. The van der Waals surface area contributed by atoms with Crippen LogP contribution in [0.4, 0.5) is 8.78 Å². The maximum absolute atomic E-state index is 13.0. The molecular weight excluding hydrogens is 208 g/mol. The lowest BCUT2D eigenvalue weighted by atomic mass is 9.77. The van der Waals surface area contributed by atoms with Crippen LogP contribution in [-0.4, -0.2) is 11.5 Å². The normalized spacial score (nSPS) is 22.9. The third-order valence-corrected chi connectivity index (χ3v) is 3.38. The Hall–Kier alpha value is -0.960. The van der Waals surface area contributed by atoms with Crippen molar-refractivity contribution in [3.05, 3.63) is 35.9 Å². The molecule has 1 aliphatic rings. The van der Waals surface area contributed by atoms with Gasteiger partial charge in [0.2, 0.25) is 5.92 Å². The van der Waals surface area contributed by atoms with Crippen LogP contribution < -0.4 is 5.73 Å². The Labute approximate surface area is 94.7 Å². The molecule has 1 aliphatic carbocycles. The zero-order valence-corrected chi connectivity index (χ0v) is 9.26. The highest BCUT2D eigenvalue weighted by molar-refractivity contribution is 5.18. The Morgan fingerprint density at radius 1 is 1.00 bits per heavy atom. The fraction of sp³-hybridized carbons (Fsp3) is 0.538. The van der Waals surface area contributed by atoms with E-state index in [1.54, 1.807) is 0 Å². The summed E-state index contributed by atoms with van der Waals surface area (Å²) in [6, 6.07) is 9.86. The SMILES string of the molecule is NC1(Cc2ccccc2)CCC(F)(F)CC1. The number of rotatable bonds is 2. The lowest BCUT2D eigenvalue weighted by Crippen LogP contribution is -2.47. The average Bonchev–Trinajstić information content (AvgIpc) is 2.25. The van der Waals surface area contributed by atoms with Gasteiger partial charge in [0.1, 0.15) is 0 Å². The van der Waals surface area contributed by atoms with Gasteiger partial charge in [-0.05, 0) is 24.8 Å². The van der Waals surface area contributed by atoms with Crippen molar-refractivity contribution in [2.45, 2.75) is 43.6 Å². The molecular formula is C13H17F2N. The quantitative estimate of drug-likeness (QED) is 0.822. The molecule has 1 saturated carbocycles. The number of nitrogens with two attached hydrogens (primary N) is 1. The molecule has 0 saturated heterocycles. The van der Waals surface area contributed by atoms with Gasteiger partial charge in [0.05, 0.1) is 0 Å². The summed E-state index contributed by atoms with van der Waals surface area (Å²) >= 11 is 0. The lowest BCUT2D eigenvalue weighted by Gasteiger charge is -2.37. The fourth-order valence-electron chi connectivity index (χ4n) is 2.29. The number of hydrogen-bond acceptors (Lipinski definition) is 1. The van der Waals surface area contributed by atoms with E-state index in [4.69, 9.17) is 5.73 Å². The van der Waals surface area contributed by atoms with Crippen LogP contribution in [0, 0.1) is 0 Å². The van der Waals surface area contributed by atoms with Gasteiger partial charge in [0, 0.05) is 18.4 Å². The summed E-state index contributed by atoms with van der Waals surface area (Å²) in [6.45, 7) is 0. The number of benzene rings is 1. The monoisotopic (exact) mass is 225 g/mol. The van der Waals surface area contributed by atoms with E-state index in [0.29, 0.717) is 19.3 Å². The largest absolute Gasteiger partial charge is 0.325 e. The second kappa shape index (κ2) is 4.13. The van der Waals surface area contributed by atoms with E-state index in [9.17, 15) is 8.78 Å². The zero-order valence-electron chi connectivity index (χ0n) is 9.26. The second-order valence-corrected chi connectivity index (χ2v) is 4.88. The molecule has 0 unspecified atom stereocenters. The van der Waals surface area contributed by atoms with Crippen molar-refractivity contribution in [1.82, 2.24) is 0 Å². The Balaban J connectivity index is 2.00. The molecule has 0 bridgehead atoms. The first kappa shape index (κ1) is 11.5. The number of halogens is 2. The predicted molar refractivity (Wildman–Crippen MR) is 60.5 cm³/mol. The van der Waals surface area contributed by atoms with Crippen LogP contribution in [0.25, 0.3) is 0 Å². The first-order valence-electron chi connectivity index (χ1n) is 5.70. The zero-order chi connectivity index (χ0) is 11.6. The van der Waals surface area contributed by atoms with Crippen molar-refractivity contribution >= 4 is 0 Å². The van der Waals surface area contributed by atoms with Crippen molar-refractivity contribution in [3.63, 3.8) is 0 Å².